The Morgan fingerprint density at radius 1 is 1.11 bits per heavy atom. The van der Waals surface area contributed by atoms with Gasteiger partial charge in [0.15, 0.2) is 17.2 Å². The molecular formula is C20H18BrNO5. The summed E-state index contributed by atoms with van der Waals surface area (Å²) < 4.78 is 22.0. The van der Waals surface area contributed by atoms with Crippen molar-refractivity contribution in [1.29, 1.82) is 0 Å². The minimum absolute atomic E-state index is 0.201. The second-order valence-electron chi connectivity index (χ2n) is 5.52. The molecule has 1 aliphatic heterocycles. The number of methoxy groups -OCH3 is 2. The Hall–Kier alpha value is -2.80. The molecule has 0 unspecified atom stereocenters. The highest BCUT2D eigenvalue weighted by Gasteiger charge is 2.24. The van der Waals surface area contributed by atoms with E-state index in [1.807, 2.05) is 19.1 Å². The first-order valence-electron chi connectivity index (χ1n) is 8.23. The zero-order valence-electron chi connectivity index (χ0n) is 15.1. The smallest absolute Gasteiger partial charge is 0.363 e. The predicted octanol–water partition coefficient (Wildman–Crippen LogP) is 4.21. The molecule has 1 aliphatic rings. The van der Waals surface area contributed by atoms with Gasteiger partial charge in [0.25, 0.3) is 0 Å². The molecule has 6 nitrogen and oxygen atoms in total. The molecule has 2 aromatic rings. The maximum Gasteiger partial charge on any atom is 0.363 e. The van der Waals surface area contributed by atoms with Crippen LogP contribution >= 0.6 is 15.9 Å². The number of hydrogen-bond donors (Lipinski definition) is 0. The van der Waals surface area contributed by atoms with Crippen molar-refractivity contribution in [2.75, 3.05) is 20.8 Å². The molecule has 0 N–H and O–H groups in total. The van der Waals surface area contributed by atoms with Crippen LogP contribution in [0, 0.1) is 0 Å². The van der Waals surface area contributed by atoms with Crippen LogP contribution in [-0.2, 0) is 9.53 Å². The molecule has 0 amide bonds. The third kappa shape index (κ3) is 4.14. The fourth-order valence-electron chi connectivity index (χ4n) is 2.52. The lowest BCUT2D eigenvalue weighted by molar-refractivity contribution is -0.129. The molecule has 1 heterocycles. The number of ether oxygens (including phenoxy) is 4. The zero-order valence-corrected chi connectivity index (χ0v) is 16.7. The Bertz CT molecular complexity index is 919. The molecule has 0 aliphatic carbocycles. The zero-order chi connectivity index (χ0) is 19.4. The summed E-state index contributed by atoms with van der Waals surface area (Å²) in [6, 6.07) is 10.7. The van der Waals surface area contributed by atoms with Crippen LogP contribution in [0.5, 0.6) is 17.2 Å². The number of rotatable bonds is 6. The van der Waals surface area contributed by atoms with Crippen molar-refractivity contribution in [3.8, 4) is 17.2 Å². The molecule has 0 atom stereocenters. The molecule has 0 saturated heterocycles. The molecule has 7 heteroatoms. The van der Waals surface area contributed by atoms with Gasteiger partial charge in [-0.3, -0.25) is 0 Å². The van der Waals surface area contributed by atoms with Crippen molar-refractivity contribution in [1.82, 2.24) is 0 Å². The molecule has 0 spiro atoms. The van der Waals surface area contributed by atoms with E-state index in [0.717, 1.165) is 15.8 Å². The van der Waals surface area contributed by atoms with E-state index in [1.165, 1.54) is 0 Å². The third-order valence-corrected chi connectivity index (χ3v) is 4.51. The van der Waals surface area contributed by atoms with Crippen LogP contribution in [0.2, 0.25) is 0 Å². The molecule has 0 aromatic heterocycles. The topological polar surface area (TPSA) is 66.3 Å². The van der Waals surface area contributed by atoms with Crippen molar-refractivity contribution >= 4 is 33.9 Å². The number of nitrogens with zero attached hydrogens (tertiary/aromatic N) is 1. The Morgan fingerprint density at radius 2 is 1.78 bits per heavy atom. The normalized spacial score (nSPS) is 14.7. The van der Waals surface area contributed by atoms with Gasteiger partial charge in [-0.2, -0.15) is 0 Å². The van der Waals surface area contributed by atoms with Gasteiger partial charge in [0.05, 0.1) is 20.8 Å². The van der Waals surface area contributed by atoms with Crippen molar-refractivity contribution in [3.63, 3.8) is 0 Å². The molecule has 140 valence electrons. The van der Waals surface area contributed by atoms with Crippen LogP contribution in [0.25, 0.3) is 6.08 Å². The molecule has 0 saturated carbocycles. The maximum absolute atomic E-state index is 12.2. The van der Waals surface area contributed by atoms with Crippen LogP contribution in [-0.4, -0.2) is 32.7 Å². The van der Waals surface area contributed by atoms with Crippen molar-refractivity contribution in [2.24, 2.45) is 4.99 Å². The molecule has 27 heavy (non-hydrogen) atoms. The summed E-state index contributed by atoms with van der Waals surface area (Å²) in [7, 11) is 3.11. The summed E-state index contributed by atoms with van der Waals surface area (Å²) in [6.07, 6.45) is 1.63. The highest BCUT2D eigenvalue weighted by molar-refractivity contribution is 9.10. The highest BCUT2D eigenvalue weighted by Crippen LogP contribution is 2.35. The van der Waals surface area contributed by atoms with Crippen molar-refractivity contribution < 1.29 is 23.7 Å². The second-order valence-corrected chi connectivity index (χ2v) is 6.38. The van der Waals surface area contributed by atoms with Gasteiger partial charge in [-0.15, -0.1) is 0 Å². The van der Waals surface area contributed by atoms with E-state index in [-0.39, 0.29) is 11.6 Å². The average Bonchev–Trinajstić information content (AvgIpc) is 3.04. The van der Waals surface area contributed by atoms with E-state index in [0.29, 0.717) is 23.7 Å². The molecule has 0 radical (unpaired) electrons. The maximum atomic E-state index is 12.2. The SMILES string of the molecule is CCOc1ccc(C2=N/C(=C/c3cc(OC)c(OC)cc3Br)C(=O)O2)cc1. The monoisotopic (exact) mass is 431 g/mol. The standard InChI is InChI=1S/C20H18BrNO5/c1-4-26-14-7-5-12(6-8-14)19-22-16(20(23)27-19)9-13-10-17(24-2)18(25-3)11-15(13)21/h5-11H,4H2,1-3H3/b16-9+. The fourth-order valence-corrected chi connectivity index (χ4v) is 2.96. The highest BCUT2D eigenvalue weighted by atomic mass is 79.9. The molecule has 0 bridgehead atoms. The average molecular weight is 432 g/mol. The molecule has 3 rings (SSSR count). The number of carbonyl (C=O) groups is 1. The first kappa shape index (κ1) is 19.0. The lowest BCUT2D eigenvalue weighted by Gasteiger charge is -2.09. The van der Waals surface area contributed by atoms with E-state index in [4.69, 9.17) is 18.9 Å². The van der Waals surface area contributed by atoms with Crippen LogP contribution in [0.15, 0.2) is 51.6 Å². The second kappa shape index (κ2) is 8.26. The molecule has 2 aromatic carbocycles. The predicted molar refractivity (Wildman–Crippen MR) is 105 cm³/mol. The number of cyclic esters (lactones) is 1. The van der Waals surface area contributed by atoms with Gasteiger partial charge >= 0.3 is 5.97 Å². The third-order valence-electron chi connectivity index (χ3n) is 3.83. The van der Waals surface area contributed by atoms with Gasteiger partial charge < -0.3 is 18.9 Å². The van der Waals surface area contributed by atoms with Gasteiger partial charge in [-0.25, -0.2) is 9.79 Å². The van der Waals surface area contributed by atoms with Crippen LogP contribution in [0.4, 0.5) is 0 Å². The summed E-state index contributed by atoms with van der Waals surface area (Å²) in [6.45, 7) is 2.50. The number of esters is 1. The van der Waals surface area contributed by atoms with Crippen LogP contribution < -0.4 is 14.2 Å². The number of halogens is 1. The summed E-state index contributed by atoms with van der Waals surface area (Å²) in [4.78, 5) is 16.5. The van der Waals surface area contributed by atoms with Gasteiger partial charge in [-0.1, -0.05) is 15.9 Å². The lowest BCUT2D eigenvalue weighted by Crippen LogP contribution is -2.05. The van der Waals surface area contributed by atoms with E-state index in [1.54, 1.807) is 44.6 Å². The Balaban J connectivity index is 1.92. The molecule has 0 fully saturated rings. The first-order chi connectivity index (χ1) is 13.0. The molecular weight excluding hydrogens is 414 g/mol. The summed E-state index contributed by atoms with van der Waals surface area (Å²) in [5.74, 6) is 1.62. The van der Waals surface area contributed by atoms with Crippen LogP contribution in [0.1, 0.15) is 18.1 Å². The van der Waals surface area contributed by atoms with Crippen LogP contribution in [0.3, 0.4) is 0 Å². The van der Waals surface area contributed by atoms with Crippen molar-refractivity contribution in [3.05, 3.63) is 57.7 Å². The van der Waals surface area contributed by atoms with E-state index >= 15 is 0 Å². The Labute approximate surface area is 165 Å². The van der Waals surface area contributed by atoms with E-state index in [9.17, 15) is 4.79 Å². The van der Waals surface area contributed by atoms with Gasteiger partial charge in [0.1, 0.15) is 5.75 Å². The van der Waals surface area contributed by atoms with Gasteiger partial charge in [0, 0.05) is 10.0 Å². The summed E-state index contributed by atoms with van der Waals surface area (Å²) in [5.41, 5.74) is 1.62. The number of hydrogen-bond acceptors (Lipinski definition) is 6. The van der Waals surface area contributed by atoms with E-state index < -0.39 is 5.97 Å². The number of carbonyl (C=O) groups excluding carboxylic acids is 1. The number of aliphatic imine (C=N–C) groups is 1. The lowest BCUT2D eigenvalue weighted by atomic mass is 10.1. The largest absolute Gasteiger partial charge is 0.494 e. The first-order valence-corrected chi connectivity index (χ1v) is 9.02. The minimum Gasteiger partial charge on any atom is -0.494 e. The number of benzene rings is 2. The minimum atomic E-state index is -0.513. The Morgan fingerprint density at radius 3 is 2.41 bits per heavy atom. The summed E-state index contributed by atoms with van der Waals surface area (Å²) in [5, 5.41) is 0. The van der Waals surface area contributed by atoms with Gasteiger partial charge in [0.2, 0.25) is 5.90 Å². The fraction of sp³-hybridized carbons (Fsp3) is 0.200. The Kier molecular flexibility index (Phi) is 5.81. The quantitative estimate of drug-likeness (QED) is 0.506. The van der Waals surface area contributed by atoms with Crippen molar-refractivity contribution in [2.45, 2.75) is 6.92 Å². The summed E-state index contributed by atoms with van der Waals surface area (Å²) >= 11 is 3.47. The van der Waals surface area contributed by atoms with Gasteiger partial charge in [-0.05, 0) is 55.0 Å². The van der Waals surface area contributed by atoms with E-state index in [2.05, 4.69) is 20.9 Å².